The Morgan fingerprint density at radius 3 is 2.61 bits per heavy atom. The Balaban J connectivity index is 2.44. The van der Waals surface area contributed by atoms with Crippen LogP contribution in [0.15, 0.2) is 18.3 Å². The summed E-state index contributed by atoms with van der Waals surface area (Å²) in [6.07, 6.45) is 3.08. The zero-order valence-electron chi connectivity index (χ0n) is 11.7. The molecule has 0 spiro atoms. The summed E-state index contributed by atoms with van der Waals surface area (Å²) in [6, 6.07) is 3.43. The van der Waals surface area contributed by atoms with Crippen LogP contribution in [0.3, 0.4) is 0 Å². The number of carbonyl (C=O) groups excluding carboxylic acids is 1. The molecule has 0 aliphatic rings. The number of anilines is 2. The van der Waals surface area contributed by atoms with Crippen LogP contribution in [0.4, 0.5) is 11.5 Å². The lowest BCUT2D eigenvalue weighted by Gasteiger charge is -2.22. The molecule has 3 N–H and O–H groups in total. The fourth-order valence-electron chi connectivity index (χ4n) is 2.11. The normalized spacial score (nSPS) is 13.1. The maximum atomic E-state index is 11.8. The first-order valence-corrected chi connectivity index (χ1v) is 6.27. The van der Waals surface area contributed by atoms with Crippen molar-refractivity contribution in [2.75, 3.05) is 11.1 Å². The van der Waals surface area contributed by atoms with Gasteiger partial charge in [-0.3, -0.25) is 4.79 Å². The van der Waals surface area contributed by atoms with E-state index in [0.717, 1.165) is 6.42 Å². The molecule has 0 fully saturated rings. The summed E-state index contributed by atoms with van der Waals surface area (Å²) >= 11 is 0. The highest BCUT2D eigenvalue weighted by Crippen LogP contribution is 2.26. The molecule has 1 rings (SSSR count). The Morgan fingerprint density at radius 1 is 1.44 bits per heavy atom. The van der Waals surface area contributed by atoms with Gasteiger partial charge in [-0.15, -0.1) is 0 Å². The number of rotatable bonds is 4. The number of nitrogens with zero attached hydrogens (tertiary/aromatic N) is 1. The van der Waals surface area contributed by atoms with Crippen molar-refractivity contribution >= 4 is 17.4 Å². The molecule has 4 nitrogen and oxygen atoms in total. The van der Waals surface area contributed by atoms with Crippen LogP contribution in [0, 0.1) is 11.3 Å². The minimum absolute atomic E-state index is 0.00372. The van der Waals surface area contributed by atoms with E-state index in [1.54, 1.807) is 12.1 Å². The van der Waals surface area contributed by atoms with Gasteiger partial charge in [-0.2, -0.15) is 0 Å². The zero-order valence-corrected chi connectivity index (χ0v) is 11.7. The second-order valence-electron chi connectivity index (χ2n) is 6.10. The van der Waals surface area contributed by atoms with Crippen LogP contribution >= 0.6 is 0 Å². The van der Waals surface area contributed by atoms with E-state index in [1.165, 1.54) is 6.20 Å². The van der Waals surface area contributed by atoms with Gasteiger partial charge in [-0.25, -0.2) is 4.98 Å². The van der Waals surface area contributed by atoms with Gasteiger partial charge in [0.05, 0.1) is 11.9 Å². The molecule has 0 saturated heterocycles. The van der Waals surface area contributed by atoms with Gasteiger partial charge >= 0.3 is 0 Å². The number of carbonyl (C=O) groups is 1. The third-order valence-corrected chi connectivity index (χ3v) is 2.55. The molecular weight excluding hydrogens is 226 g/mol. The van der Waals surface area contributed by atoms with Crippen molar-refractivity contribution in [1.82, 2.24) is 4.98 Å². The van der Waals surface area contributed by atoms with E-state index in [-0.39, 0.29) is 11.3 Å². The van der Waals surface area contributed by atoms with Crippen LogP contribution in [0.1, 0.15) is 40.5 Å². The first kappa shape index (κ1) is 14.5. The molecule has 1 atom stereocenters. The van der Waals surface area contributed by atoms with Crippen molar-refractivity contribution < 1.29 is 4.79 Å². The number of pyridine rings is 1. The molecule has 1 aromatic rings. The topological polar surface area (TPSA) is 68.0 Å². The number of nitrogens with one attached hydrogen (secondary N) is 1. The Bertz CT molecular complexity index is 392. The van der Waals surface area contributed by atoms with Gasteiger partial charge in [-0.05, 0) is 29.9 Å². The molecule has 4 heteroatoms. The Hall–Kier alpha value is -1.58. The van der Waals surface area contributed by atoms with Gasteiger partial charge in [0.15, 0.2) is 0 Å². The summed E-state index contributed by atoms with van der Waals surface area (Å²) in [6.45, 7) is 8.65. The maximum absolute atomic E-state index is 11.8. The summed E-state index contributed by atoms with van der Waals surface area (Å²) in [5.74, 6) is 0.917. The molecule has 1 unspecified atom stereocenters. The molecule has 0 aromatic carbocycles. The van der Waals surface area contributed by atoms with Gasteiger partial charge in [0.2, 0.25) is 5.91 Å². The van der Waals surface area contributed by atoms with Crippen LogP contribution in [0.25, 0.3) is 0 Å². The highest BCUT2D eigenvalue weighted by Gasteiger charge is 2.17. The lowest BCUT2D eigenvalue weighted by molar-refractivity contribution is -0.117. The smallest absolute Gasteiger partial charge is 0.225 e. The Morgan fingerprint density at radius 2 is 2.11 bits per heavy atom. The minimum atomic E-state index is 0.00372. The van der Waals surface area contributed by atoms with Gasteiger partial charge in [0.1, 0.15) is 5.82 Å². The van der Waals surface area contributed by atoms with Crippen LogP contribution in [-0.4, -0.2) is 10.9 Å². The molecule has 1 heterocycles. The van der Waals surface area contributed by atoms with Crippen molar-refractivity contribution in [3.05, 3.63) is 18.3 Å². The number of nitrogens with two attached hydrogens (primary N) is 1. The van der Waals surface area contributed by atoms with E-state index in [1.807, 2.05) is 0 Å². The number of hydrogen-bond acceptors (Lipinski definition) is 3. The van der Waals surface area contributed by atoms with E-state index >= 15 is 0 Å². The second-order valence-corrected chi connectivity index (χ2v) is 6.10. The number of amides is 1. The SMILES string of the molecule is CC(CC(=O)Nc1ccc(N)cn1)CC(C)(C)C. The standard InChI is InChI=1S/C14H23N3O/c1-10(8-14(2,3)4)7-13(18)17-12-6-5-11(15)9-16-12/h5-6,9-10H,7-8,15H2,1-4H3,(H,16,17,18). The average Bonchev–Trinajstić information content (AvgIpc) is 2.18. The van der Waals surface area contributed by atoms with Gasteiger partial charge < -0.3 is 11.1 Å². The summed E-state index contributed by atoms with van der Waals surface area (Å²) < 4.78 is 0. The van der Waals surface area contributed by atoms with Crippen molar-refractivity contribution in [2.24, 2.45) is 11.3 Å². The van der Waals surface area contributed by atoms with E-state index in [9.17, 15) is 4.79 Å². The van der Waals surface area contributed by atoms with Crippen molar-refractivity contribution in [2.45, 2.75) is 40.5 Å². The quantitative estimate of drug-likeness (QED) is 0.861. The molecule has 0 aliphatic heterocycles. The Kier molecular flexibility index (Phi) is 4.70. The predicted molar refractivity (Wildman–Crippen MR) is 75.1 cm³/mol. The highest BCUT2D eigenvalue weighted by atomic mass is 16.1. The summed E-state index contributed by atoms with van der Waals surface area (Å²) in [7, 11) is 0. The molecule has 18 heavy (non-hydrogen) atoms. The average molecular weight is 249 g/mol. The third-order valence-electron chi connectivity index (χ3n) is 2.55. The zero-order chi connectivity index (χ0) is 13.8. The van der Waals surface area contributed by atoms with E-state index in [2.05, 4.69) is 38.0 Å². The number of nitrogen functional groups attached to an aromatic ring is 1. The van der Waals surface area contributed by atoms with Crippen LogP contribution in [0.2, 0.25) is 0 Å². The molecule has 0 saturated carbocycles. The lowest BCUT2D eigenvalue weighted by Crippen LogP contribution is -2.19. The van der Waals surface area contributed by atoms with E-state index < -0.39 is 0 Å². The molecule has 1 aromatic heterocycles. The summed E-state index contributed by atoms with van der Waals surface area (Å²) in [4.78, 5) is 15.9. The van der Waals surface area contributed by atoms with Crippen molar-refractivity contribution in [1.29, 1.82) is 0 Å². The van der Waals surface area contributed by atoms with Crippen LogP contribution in [-0.2, 0) is 4.79 Å². The van der Waals surface area contributed by atoms with Crippen LogP contribution < -0.4 is 11.1 Å². The monoisotopic (exact) mass is 249 g/mol. The number of hydrogen-bond donors (Lipinski definition) is 2. The molecule has 1 amide bonds. The summed E-state index contributed by atoms with van der Waals surface area (Å²) in [5, 5.41) is 2.78. The Labute approximate surface area is 109 Å². The van der Waals surface area contributed by atoms with E-state index in [0.29, 0.717) is 23.8 Å². The predicted octanol–water partition coefficient (Wildman–Crippen LogP) is 3.06. The molecule has 100 valence electrons. The van der Waals surface area contributed by atoms with E-state index in [4.69, 9.17) is 5.73 Å². The van der Waals surface area contributed by atoms with Gasteiger partial charge in [0, 0.05) is 6.42 Å². The first-order chi connectivity index (χ1) is 8.26. The number of aromatic nitrogens is 1. The van der Waals surface area contributed by atoms with Crippen molar-refractivity contribution in [3.8, 4) is 0 Å². The third kappa shape index (κ3) is 5.66. The first-order valence-electron chi connectivity index (χ1n) is 6.27. The van der Waals surface area contributed by atoms with Gasteiger partial charge in [0.25, 0.3) is 0 Å². The molecule has 0 aliphatic carbocycles. The molecule has 0 bridgehead atoms. The van der Waals surface area contributed by atoms with Crippen LogP contribution in [0.5, 0.6) is 0 Å². The largest absolute Gasteiger partial charge is 0.397 e. The highest BCUT2D eigenvalue weighted by molar-refractivity contribution is 5.89. The lowest BCUT2D eigenvalue weighted by atomic mass is 9.84. The molecular formula is C14H23N3O. The second kappa shape index (κ2) is 5.85. The van der Waals surface area contributed by atoms with Gasteiger partial charge in [-0.1, -0.05) is 27.7 Å². The fraction of sp³-hybridized carbons (Fsp3) is 0.571. The van der Waals surface area contributed by atoms with Crippen molar-refractivity contribution in [3.63, 3.8) is 0 Å². The minimum Gasteiger partial charge on any atom is -0.397 e. The summed E-state index contributed by atoms with van der Waals surface area (Å²) in [5.41, 5.74) is 6.37. The molecule has 0 radical (unpaired) electrons. The fourth-order valence-corrected chi connectivity index (χ4v) is 2.11. The maximum Gasteiger partial charge on any atom is 0.225 e.